The molecular weight excluding hydrogens is 732 g/mol. The van der Waals surface area contributed by atoms with E-state index in [-0.39, 0.29) is 87.6 Å². The number of thiophene rings is 1. The van der Waals surface area contributed by atoms with Crippen LogP contribution >= 0.6 is 11.3 Å². The zero-order chi connectivity index (χ0) is 38.6. The zero-order valence-electron chi connectivity index (χ0n) is 28.7. The molecule has 2 fully saturated rings. The Balaban J connectivity index is 1.48. The molecule has 3 aromatic rings. The van der Waals surface area contributed by atoms with Crippen molar-refractivity contribution in [3.8, 4) is 10.8 Å². The van der Waals surface area contributed by atoms with Crippen LogP contribution in [-0.2, 0) is 27.5 Å². The topological polar surface area (TPSA) is 130 Å². The number of amides is 2. The number of ether oxygens (including phenoxy) is 2. The Bertz CT molecular complexity index is 1780. The van der Waals surface area contributed by atoms with Gasteiger partial charge in [-0.15, -0.1) is 0 Å². The van der Waals surface area contributed by atoms with Gasteiger partial charge in [0.05, 0.1) is 29.4 Å². The van der Waals surface area contributed by atoms with E-state index >= 15 is 0 Å². The third kappa shape index (κ3) is 8.72. The van der Waals surface area contributed by atoms with Gasteiger partial charge in [-0.05, 0) is 56.4 Å². The number of para-hydroxylation sites is 1. The summed E-state index contributed by atoms with van der Waals surface area (Å²) in [5, 5.41) is 20.5. The van der Waals surface area contributed by atoms with Crippen LogP contribution in [0.15, 0.2) is 54.9 Å². The number of carbonyl (C=O) groups excluding carboxylic acids is 2. The molecule has 0 radical (unpaired) electrons. The summed E-state index contributed by atoms with van der Waals surface area (Å²) < 4.78 is 95.1. The van der Waals surface area contributed by atoms with E-state index in [0.29, 0.717) is 23.8 Å². The number of likely N-dealkylation sites (tertiary alicyclic amines) is 2. The minimum absolute atomic E-state index is 0.00720. The van der Waals surface area contributed by atoms with Gasteiger partial charge in [0.15, 0.2) is 5.06 Å². The van der Waals surface area contributed by atoms with Crippen molar-refractivity contribution < 1.29 is 60.4 Å². The Labute approximate surface area is 305 Å². The maximum atomic E-state index is 14.8. The number of carboxylic acid groups (broad SMARTS) is 1. The molecule has 53 heavy (non-hydrogen) atoms. The van der Waals surface area contributed by atoms with Crippen LogP contribution in [0.25, 0.3) is 0 Å². The fraction of sp³-hybridized carbons (Fsp3) is 0.500. The van der Waals surface area contributed by atoms with Gasteiger partial charge in [0.2, 0.25) is 5.60 Å². The summed E-state index contributed by atoms with van der Waals surface area (Å²) >= 11 is 0.270. The summed E-state index contributed by atoms with van der Waals surface area (Å²) in [6.45, 7) is 1.70. The van der Waals surface area contributed by atoms with Crippen molar-refractivity contribution in [3.05, 3.63) is 76.4 Å². The summed E-state index contributed by atoms with van der Waals surface area (Å²) in [6, 6.07) is 8.09. The molecule has 5 rings (SSSR count). The van der Waals surface area contributed by atoms with E-state index in [9.17, 15) is 45.8 Å². The van der Waals surface area contributed by atoms with Crippen molar-refractivity contribution in [2.24, 2.45) is 0 Å². The van der Waals surface area contributed by atoms with Gasteiger partial charge in [-0.2, -0.15) is 26.3 Å². The molecule has 10 nitrogen and oxygen atoms in total. The Morgan fingerprint density at radius 2 is 1.70 bits per heavy atom. The van der Waals surface area contributed by atoms with Crippen LogP contribution in [0.2, 0.25) is 0 Å². The van der Waals surface area contributed by atoms with E-state index in [1.807, 2.05) is 0 Å². The second kappa shape index (κ2) is 15.9. The standard InChI is InChI=1S/C36H39F6N3O7S/c1-2-7-27-34(52-30-12-11-28(53-30)36(40,41)42,14-6-18-45(27)31(48)23-22-43-17-13-24(23)35(37,38)39)32(49)44-19-15-33(50,16-20-44)25-8-3-4-9-26(25)51-21-5-10-29(46)47/h3-4,8-9,11-13,17,22,27,50H,2,5-7,10,14-16,18-21H2,1H3,(H,46,47)/t27-,34+/m1/s1. The van der Waals surface area contributed by atoms with Crippen LogP contribution < -0.4 is 9.47 Å². The number of hydrogen-bond acceptors (Lipinski definition) is 8. The number of carboxylic acids is 1. The maximum Gasteiger partial charge on any atom is 0.425 e. The molecule has 0 bridgehead atoms. The van der Waals surface area contributed by atoms with Gasteiger partial charge in [0.25, 0.3) is 11.8 Å². The molecule has 4 heterocycles. The number of halogens is 6. The molecule has 17 heteroatoms. The molecule has 0 unspecified atom stereocenters. The van der Waals surface area contributed by atoms with Crippen LogP contribution in [0.5, 0.6) is 10.8 Å². The number of aromatic nitrogens is 1. The van der Waals surface area contributed by atoms with Crippen LogP contribution in [0, 0.1) is 0 Å². The fourth-order valence-electron chi connectivity index (χ4n) is 7.08. The minimum atomic E-state index is -4.90. The van der Waals surface area contributed by atoms with Crippen molar-refractivity contribution in [2.45, 2.75) is 87.9 Å². The highest BCUT2D eigenvalue weighted by atomic mass is 32.1. The van der Waals surface area contributed by atoms with E-state index in [2.05, 4.69) is 4.98 Å². The smallest absolute Gasteiger partial charge is 0.425 e. The minimum Gasteiger partial charge on any atom is -0.493 e. The summed E-state index contributed by atoms with van der Waals surface area (Å²) in [6.07, 6.45) is -7.30. The van der Waals surface area contributed by atoms with Crippen LogP contribution in [0.3, 0.4) is 0 Å². The Kier molecular flexibility index (Phi) is 12.0. The molecule has 2 aliphatic heterocycles. The maximum absolute atomic E-state index is 14.8. The van der Waals surface area contributed by atoms with Gasteiger partial charge in [0, 0.05) is 50.4 Å². The molecule has 0 saturated carbocycles. The Hall–Kier alpha value is -4.38. The zero-order valence-corrected chi connectivity index (χ0v) is 29.5. The van der Waals surface area contributed by atoms with E-state index < -0.39 is 63.4 Å². The molecule has 2 amide bonds. The normalized spacial score (nSPS) is 20.6. The van der Waals surface area contributed by atoms with E-state index in [4.69, 9.17) is 14.6 Å². The quantitative estimate of drug-likeness (QED) is 0.147. The molecule has 2 N–H and O–H groups in total. The van der Waals surface area contributed by atoms with Crippen molar-refractivity contribution >= 4 is 29.1 Å². The second-order valence-corrected chi connectivity index (χ2v) is 14.1. The highest BCUT2D eigenvalue weighted by molar-refractivity contribution is 7.13. The predicted molar refractivity (Wildman–Crippen MR) is 179 cm³/mol. The third-order valence-electron chi connectivity index (χ3n) is 9.61. The number of aliphatic carboxylic acids is 1. The monoisotopic (exact) mass is 771 g/mol. The van der Waals surface area contributed by atoms with Crippen molar-refractivity contribution in [3.63, 3.8) is 0 Å². The van der Waals surface area contributed by atoms with Crippen LogP contribution in [-0.4, -0.2) is 80.7 Å². The Morgan fingerprint density at radius 1 is 0.981 bits per heavy atom. The summed E-state index contributed by atoms with van der Waals surface area (Å²) in [5.41, 5.74) is -4.98. The van der Waals surface area contributed by atoms with Gasteiger partial charge in [-0.1, -0.05) is 42.9 Å². The predicted octanol–water partition coefficient (Wildman–Crippen LogP) is 7.16. The van der Waals surface area contributed by atoms with Crippen molar-refractivity contribution in [1.29, 1.82) is 0 Å². The number of benzene rings is 1. The molecule has 0 spiro atoms. The lowest BCUT2D eigenvalue weighted by molar-refractivity contribution is -0.163. The lowest BCUT2D eigenvalue weighted by Crippen LogP contribution is -2.68. The number of alkyl halides is 6. The molecule has 288 valence electrons. The molecule has 0 aliphatic carbocycles. The number of nitrogens with zero attached hydrogens (tertiary/aromatic N) is 3. The average molecular weight is 772 g/mol. The first-order valence-corrected chi connectivity index (χ1v) is 18.0. The lowest BCUT2D eigenvalue weighted by atomic mass is 9.78. The largest absolute Gasteiger partial charge is 0.493 e. The molecule has 2 saturated heterocycles. The van der Waals surface area contributed by atoms with E-state index in [1.165, 1.54) is 4.90 Å². The summed E-state index contributed by atoms with van der Waals surface area (Å²) in [4.78, 5) is 45.1. The van der Waals surface area contributed by atoms with Gasteiger partial charge < -0.3 is 29.5 Å². The van der Waals surface area contributed by atoms with E-state index in [1.54, 1.807) is 31.2 Å². The van der Waals surface area contributed by atoms with Gasteiger partial charge in [0.1, 0.15) is 10.6 Å². The van der Waals surface area contributed by atoms with Crippen LogP contribution in [0.1, 0.15) is 84.7 Å². The number of hydrogen-bond donors (Lipinski definition) is 2. The third-order valence-corrected chi connectivity index (χ3v) is 10.6. The SMILES string of the molecule is CCC[C@H]1N(C(=O)c2cnccc2C(F)(F)F)CCC[C@@]1(Oc1ccc(C(F)(F)F)s1)C(=O)N1CCC(O)(c2ccccc2OCCCC(=O)O)CC1. The fourth-order valence-corrected chi connectivity index (χ4v) is 7.87. The second-order valence-electron chi connectivity index (χ2n) is 13.1. The first-order chi connectivity index (χ1) is 25.0. The number of pyridine rings is 1. The highest BCUT2D eigenvalue weighted by Gasteiger charge is 2.56. The molecule has 2 atom stereocenters. The van der Waals surface area contributed by atoms with Crippen molar-refractivity contribution in [1.82, 2.24) is 14.8 Å². The number of carbonyl (C=O) groups is 3. The molecule has 2 aliphatic rings. The number of piperidine rings is 2. The van der Waals surface area contributed by atoms with Gasteiger partial charge in [-0.3, -0.25) is 19.4 Å². The Morgan fingerprint density at radius 3 is 2.34 bits per heavy atom. The van der Waals surface area contributed by atoms with Crippen LogP contribution in [0.4, 0.5) is 26.3 Å². The van der Waals surface area contributed by atoms with Gasteiger partial charge >= 0.3 is 18.3 Å². The average Bonchev–Trinajstić information content (AvgIpc) is 3.60. The van der Waals surface area contributed by atoms with Gasteiger partial charge in [-0.25, -0.2) is 0 Å². The lowest BCUT2D eigenvalue weighted by Gasteiger charge is -2.51. The molecule has 1 aromatic carbocycles. The highest BCUT2D eigenvalue weighted by Crippen LogP contribution is 2.45. The molecule has 2 aromatic heterocycles. The summed E-state index contributed by atoms with van der Waals surface area (Å²) in [5.74, 6) is -2.34. The van der Waals surface area contributed by atoms with E-state index in [0.717, 1.165) is 29.4 Å². The number of rotatable bonds is 12. The molecular formula is C36H39F6N3O7S. The number of aliphatic hydroxyl groups is 1. The first kappa shape index (κ1) is 39.8. The summed E-state index contributed by atoms with van der Waals surface area (Å²) in [7, 11) is 0. The first-order valence-electron chi connectivity index (χ1n) is 17.1. The van der Waals surface area contributed by atoms with Crippen molar-refractivity contribution in [2.75, 3.05) is 26.2 Å².